The fraction of sp³-hybridized carbons (Fsp3) is 0.350. The van der Waals surface area contributed by atoms with Gasteiger partial charge < -0.3 is 9.80 Å². The van der Waals surface area contributed by atoms with E-state index in [2.05, 4.69) is 4.98 Å². The third kappa shape index (κ3) is 3.07. The van der Waals surface area contributed by atoms with E-state index in [-0.39, 0.29) is 23.5 Å². The molecule has 1 saturated heterocycles. The molecule has 6 nitrogen and oxygen atoms in total. The van der Waals surface area contributed by atoms with Crippen LogP contribution in [0, 0.1) is 11.7 Å². The smallest absolute Gasteiger partial charge is 0.272 e. The van der Waals surface area contributed by atoms with E-state index in [1.165, 1.54) is 23.5 Å². The van der Waals surface area contributed by atoms with Crippen molar-refractivity contribution >= 4 is 28.1 Å². The highest BCUT2D eigenvalue weighted by Crippen LogP contribution is 2.27. The summed E-state index contributed by atoms with van der Waals surface area (Å²) in [5.74, 6) is -0.540. The van der Waals surface area contributed by atoms with E-state index in [0.29, 0.717) is 35.0 Å². The highest BCUT2D eigenvalue weighted by atomic mass is 32.1. The van der Waals surface area contributed by atoms with Gasteiger partial charge in [-0.25, -0.2) is 9.37 Å². The average Bonchev–Trinajstić information content (AvgIpc) is 3.23. The van der Waals surface area contributed by atoms with Crippen molar-refractivity contribution in [1.82, 2.24) is 19.2 Å². The number of halogens is 1. The number of imidazole rings is 1. The van der Waals surface area contributed by atoms with Crippen molar-refractivity contribution in [2.24, 2.45) is 5.92 Å². The predicted octanol–water partition coefficient (Wildman–Crippen LogP) is 3.14. The van der Waals surface area contributed by atoms with Crippen LogP contribution in [-0.4, -0.2) is 57.2 Å². The van der Waals surface area contributed by atoms with Gasteiger partial charge in [0.05, 0.1) is 5.69 Å². The molecular weight excluding hydrogens is 379 g/mol. The molecule has 1 aliphatic heterocycles. The number of rotatable bonds is 3. The normalized spacial score (nSPS) is 17.8. The minimum absolute atomic E-state index is 0.0129. The van der Waals surface area contributed by atoms with Crippen LogP contribution in [0.3, 0.4) is 0 Å². The van der Waals surface area contributed by atoms with Crippen LogP contribution in [0.4, 0.5) is 4.39 Å². The maximum absolute atomic E-state index is 13.5. The highest BCUT2D eigenvalue weighted by molar-refractivity contribution is 7.15. The minimum Gasteiger partial charge on any atom is -0.342 e. The lowest BCUT2D eigenvalue weighted by atomic mass is 9.98. The Labute approximate surface area is 166 Å². The van der Waals surface area contributed by atoms with Gasteiger partial charge in [-0.1, -0.05) is 26.0 Å². The number of thiazole rings is 1. The van der Waals surface area contributed by atoms with Crippen molar-refractivity contribution in [3.63, 3.8) is 0 Å². The molecule has 0 N–H and O–H groups in total. The molecule has 3 aromatic rings. The van der Waals surface area contributed by atoms with Crippen LogP contribution in [0.25, 0.3) is 16.2 Å². The molecule has 146 valence electrons. The van der Waals surface area contributed by atoms with Crippen molar-refractivity contribution < 1.29 is 14.0 Å². The number of benzene rings is 1. The van der Waals surface area contributed by atoms with Gasteiger partial charge in [0.15, 0.2) is 4.96 Å². The molecule has 28 heavy (non-hydrogen) atoms. The van der Waals surface area contributed by atoms with E-state index < -0.39 is 6.04 Å². The van der Waals surface area contributed by atoms with Gasteiger partial charge in [-0.2, -0.15) is 0 Å². The van der Waals surface area contributed by atoms with Gasteiger partial charge in [-0.05, 0) is 18.1 Å². The third-order valence-electron chi connectivity index (χ3n) is 5.08. The summed E-state index contributed by atoms with van der Waals surface area (Å²) in [6.07, 6.45) is 1.75. The number of likely N-dealkylation sites (N-methyl/N-ethyl adjacent to an activating group) is 1. The molecule has 3 heterocycles. The van der Waals surface area contributed by atoms with Gasteiger partial charge in [0.2, 0.25) is 5.91 Å². The van der Waals surface area contributed by atoms with Crippen molar-refractivity contribution in [2.45, 2.75) is 19.9 Å². The summed E-state index contributed by atoms with van der Waals surface area (Å²) in [6, 6.07) is 5.74. The SMILES string of the molecule is CC(C)C1C(=O)N(C)CCN1C(=O)c1csc2nc(-c3cccc(F)c3)cn12. The first kappa shape index (κ1) is 18.6. The lowest BCUT2D eigenvalue weighted by Gasteiger charge is -2.40. The van der Waals surface area contributed by atoms with Crippen LogP contribution in [-0.2, 0) is 4.79 Å². The van der Waals surface area contributed by atoms with Gasteiger partial charge >= 0.3 is 0 Å². The van der Waals surface area contributed by atoms with E-state index in [9.17, 15) is 14.0 Å². The van der Waals surface area contributed by atoms with Crippen molar-refractivity contribution in [2.75, 3.05) is 20.1 Å². The number of hydrogen-bond donors (Lipinski definition) is 0. The number of amides is 2. The van der Waals surface area contributed by atoms with Gasteiger partial charge in [0.1, 0.15) is 17.6 Å². The summed E-state index contributed by atoms with van der Waals surface area (Å²) in [7, 11) is 1.77. The number of carbonyl (C=O) groups excluding carboxylic acids is 2. The Bertz CT molecular complexity index is 1060. The summed E-state index contributed by atoms with van der Waals surface area (Å²) >= 11 is 1.35. The Hall–Kier alpha value is -2.74. The van der Waals surface area contributed by atoms with E-state index >= 15 is 0 Å². The zero-order valence-electron chi connectivity index (χ0n) is 15.9. The Kier molecular flexibility index (Phi) is 4.66. The van der Waals surface area contributed by atoms with Gasteiger partial charge in [0, 0.05) is 37.3 Å². The number of piperazine rings is 1. The van der Waals surface area contributed by atoms with E-state index in [4.69, 9.17) is 0 Å². The van der Waals surface area contributed by atoms with Gasteiger partial charge in [-0.3, -0.25) is 14.0 Å². The van der Waals surface area contributed by atoms with Crippen molar-refractivity contribution in [3.8, 4) is 11.3 Å². The second kappa shape index (κ2) is 7.01. The molecule has 4 rings (SSSR count). The predicted molar refractivity (Wildman–Crippen MR) is 106 cm³/mol. The fourth-order valence-corrected chi connectivity index (χ4v) is 4.46. The quantitative estimate of drug-likeness (QED) is 0.679. The average molecular weight is 400 g/mol. The summed E-state index contributed by atoms with van der Waals surface area (Å²) in [6.45, 7) is 4.90. The van der Waals surface area contributed by atoms with Crippen molar-refractivity contribution in [3.05, 3.63) is 47.4 Å². The zero-order valence-corrected chi connectivity index (χ0v) is 16.7. The molecule has 1 atom stereocenters. The lowest BCUT2D eigenvalue weighted by Crippen LogP contribution is -2.59. The van der Waals surface area contributed by atoms with E-state index in [0.717, 1.165) is 0 Å². The Morgan fingerprint density at radius 3 is 2.82 bits per heavy atom. The zero-order chi connectivity index (χ0) is 20.0. The molecule has 0 aliphatic carbocycles. The molecule has 2 aromatic heterocycles. The van der Waals surface area contributed by atoms with Crippen LogP contribution in [0.2, 0.25) is 0 Å². The standard InChI is InChI=1S/C20H21FN4O2S/c1-12(2)17-19(27)23(3)7-8-24(17)18(26)16-11-28-20-22-15(10-25(16)20)13-5-4-6-14(21)9-13/h4-6,9-12,17H,7-8H2,1-3H3. The topological polar surface area (TPSA) is 57.9 Å². The van der Waals surface area contributed by atoms with Crippen LogP contribution in [0.1, 0.15) is 24.3 Å². The molecule has 2 amide bonds. The molecule has 0 bridgehead atoms. The molecule has 0 saturated carbocycles. The number of fused-ring (bicyclic) bond motifs is 1. The first-order valence-corrected chi connectivity index (χ1v) is 10.0. The first-order chi connectivity index (χ1) is 13.4. The maximum atomic E-state index is 13.5. The molecule has 1 unspecified atom stereocenters. The fourth-order valence-electron chi connectivity index (χ4n) is 3.61. The molecule has 1 aliphatic rings. The molecule has 0 spiro atoms. The van der Waals surface area contributed by atoms with Crippen LogP contribution in [0.5, 0.6) is 0 Å². The molecular formula is C20H21FN4O2S. The monoisotopic (exact) mass is 400 g/mol. The summed E-state index contributed by atoms with van der Waals surface area (Å²) in [5, 5.41) is 1.76. The van der Waals surface area contributed by atoms with Gasteiger partial charge in [0.25, 0.3) is 5.91 Å². The van der Waals surface area contributed by atoms with Crippen molar-refractivity contribution in [1.29, 1.82) is 0 Å². The lowest BCUT2D eigenvalue weighted by molar-refractivity contribution is -0.140. The molecule has 0 radical (unpaired) electrons. The molecule has 1 aromatic carbocycles. The Morgan fingerprint density at radius 2 is 2.11 bits per heavy atom. The highest BCUT2D eigenvalue weighted by Gasteiger charge is 2.39. The second-order valence-electron chi connectivity index (χ2n) is 7.36. The van der Waals surface area contributed by atoms with Crippen LogP contribution in [0.15, 0.2) is 35.8 Å². The summed E-state index contributed by atoms with van der Waals surface area (Å²) in [4.78, 5) is 34.4. The van der Waals surface area contributed by atoms with Crippen LogP contribution >= 0.6 is 11.3 Å². The maximum Gasteiger partial charge on any atom is 0.272 e. The third-order valence-corrected chi connectivity index (χ3v) is 5.92. The van der Waals surface area contributed by atoms with Crippen LogP contribution < -0.4 is 0 Å². The van der Waals surface area contributed by atoms with Gasteiger partial charge in [-0.15, -0.1) is 11.3 Å². The minimum atomic E-state index is -0.479. The van der Waals surface area contributed by atoms with E-state index in [1.807, 2.05) is 13.8 Å². The Morgan fingerprint density at radius 1 is 1.32 bits per heavy atom. The largest absolute Gasteiger partial charge is 0.342 e. The first-order valence-electron chi connectivity index (χ1n) is 9.15. The number of nitrogens with zero attached hydrogens (tertiary/aromatic N) is 4. The number of carbonyl (C=O) groups is 2. The summed E-state index contributed by atoms with van der Waals surface area (Å²) in [5.41, 5.74) is 1.73. The number of hydrogen-bond acceptors (Lipinski definition) is 4. The second-order valence-corrected chi connectivity index (χ2v) is 8.19. The summed E-state index contributed by atoms with van der Waals surface area (Å²) < 4.78 is 15.3. The number of aromatic nitrogens is 2. The van der Waals surface area contributed by atoms with E-state index in [1.54, 1.807) is 45.0 Å². The molecule has 8 heteroatoms. The molecule has 1 fully saturated rings. The Balaban J connectivity index is 1.70.